The molecule has 0 spiro atoms. The number of carbonyl (C=O) groups excluding carboxylic acids is 1. The Kier molecular flexibility index (Phi) is 5.68. The van der Waals surface area contributed by atoms with Crippen LogP contribution in [0.25, 0.3) is 0 Å². The van der Waals surface area contributed by atoms with Crippen molar-refractivity contribution >= 4 is 17.7 Å². The molecule has 0 radical (unpaired) electrons. The molecule has 3 unspecified atom stereocenters. The van der Waals surface area contributed by atoms with Crippen molar-refractivity contribution in [2.45, 2.75) is 38.4 Å². The van der Waals surface area contributed by atoms with Crippen LogP contribution in [0.3, 0.4) is 0 Å². The van der Waals surface area contributed by atoms with Crippen LogP contribution in [-0.4, -0.2) is 23.6 Å². The van der Waals surface area contributed by atoms with Gasteiger partial charge in [-0.05, 0) is 32.1 Å². The van der Waals surface area contributed by atoms with Gasteiger partial charge in [0.2, 0.25) is 0 Å². The first-order chi connectivity index (χ1) is 7.67. The van der Waals surface area contributed by atoms with E-state index >= 15 is 0 Å². The highest BCUT2D eigenvalue weighted by Crippen LogP contribution is 2.36. The first-order valence-electron chi connectivity index (χ1n) is 5.84. The van der Waals surface area contributed by atoms with Gasteiger partial charge in [0.15, 0.2) is 0 Å². The molecule has 1 fully saturated rings. The van der Waals surface area contributed by atoms with Gasteiger partial charge in [0.1, 0.15) is 0 Å². The summed E-state index contributed by atoms with van der Waals surface area (Å²) < 4.78 is 4.89. The topological polar surface area (TPSA) is 50.1 Å². The summed E-state index contributed by atoms with van der Waals surface area (Å²) in [5.41, 5.74) is 0. The summed E-state index contributed by atoms with van der Waals surface area (Å²) in [6, 6.07) is 2.36. The highest BCUT2D eigenvalue weighted by Gasteiger charge is 2.29. The average Bonchev–Trinajstić information content (AvgIpc) is 2.27. The molecule has 0 heterocycles. The number of hydrogen-bond donors (Lipinski definition) is 0. The van der Waals surface area contributed by atoms with Gasteiger partial charge in [-0.15, -0.1) is 11.8 Å². The number of nitrogens with zero attached hydrogens (tertiary/aromatic N) is 1. The molecule has 1 aliphatic rings. The Hall–Kier alpha value is -0.690. The third-order valence-electron chi connectivity index (χ3n) is 2.94. The van der Waals surface area contributed by atoms with Crippen LogP contribution in [0.5, 0.6) is 0 Å². The van der Waals surface area contributed by atoms with Gasteiger partial charge < -0.3 is 4.74 Å². The Morgan fingerprint density at radius 1 is 1.56 bits per heavy atom. The summed E-state index contributed by atoms with van der Waals surface area (Å²) in [5.74, 6) is 0.992. The van der Waals surface area contributed by atoms with E-state index in [-0.39, 0.29) is 11.9 Å². The second kappa shape index (κ2) is 6.80. The van der Waals surface area contributed by atoms with E-state index in [4.69, 9.17) is 10.00 Å². The number of nitriles is 1. The predicted molar refractivity (Wildman–Crippen MR) is 65.0 cm³/mol. The second-order valence-electron chi connectivity index (χ2n) is 4.31. The van der Waals surface area contributed by atoms with Gasteiger partial charge in [-0.2, -0.15) is 5.26 Å². The van der Waals surface area contributed by atoms with Crippen LogP contribution in [0.2, 0.25) is 0 Å². The van der Waals surface area contributed by atoms with Crippen LogP contribution in [0.4, 0.5) is 0 Å². The molecule has 3 atom stereocenters. The molecule has 0 N–H and O–H groups in total. The lowest BCUT2D eigenvalue weighted by Crippen LogP contribution is -2.26. The fraction of sp³-hybridized carbons (Fsp3) is 0.833. The van der Waals surface area contributed by atoms with Crippen molar-refractivity contribution in [3.05, 3.63) is 0 Å². The zero-order valence-corrected chi connectivity index (χ0v) is 10.8. The molecule has 4 heteroatoms. The Bertz CT molecular complexity index is 275. The summed E-state index contributed by atoms with van der Waals surface area (Å²) in [7, 11) is 0. The second-order valence-corrected chi connectivity index (χ2v) is 5.54. The molecule has 0 aromatic rings. The van der Waals surface area contributed by atoms with Crippen LogP contribution >= 0.6 is 11.8 Å². The molecule has 0 amide bonds. The van der Waals surface area contributed by atoms with Crippen molar-refractivity contribution in [1.29, 1.82) is 5.26 Å². The maximum atomic E-state index is 11.2. The highest BCUT2D eigenvalue weighted by molar-refractivity contribution is 8.00. The number of esters is 1. The molecule has 1 rings (SSSR count). The maximum Gasteiger partial charge on any atom is 0.315 e. The molecule has 1 aliphatic carbocycles. The number of hydrogen-bond acceptors (Lipinski definition) is 4. The van der Waals surface area contributed by atoms with E-state index in [0.29, 0.717) is 23.5 Å². The normalized spacial score (nSPS) is 29.4. The molecule has 0 aromatic carbocycles. The Labute approximate surface area is 102 Å². The Balaban J connectivity index is 2.38. The van der Waals surface area contributed by atoms with Crippen molar-refractivity contribution < 1.29 is 9.53 Å². The largest absolute Gasteiger partial charge is 0.465 e. The van der Waals surface area contributed by atoms with Crippen LogP contribution in [0, 0.1) is 23.2 Å². The Morgan fingerprint density at radius 2 is 2.31 bits per heavy atom. The fourth-order valence-electron chi connectivity index (χ4n) is 2.04. The third kappa shape index (κ3) is 4.05. The number of carbonyl (C=O) groups is 1. The molecule has 0 saturated heterocycles. The summed E-state index contributed by atoms with van der Waals surface area (Å²) in [4.78, 5) is 11.2. The minimum absolute atomic E-state index is 0.107. The van der Waals surface area contributed by atoms with Gasteiger partial charge in [0.05, 0.1) is 24.3 Å². The van der Waals surface area contributed by atoms with Gasteiger partial charge >= 0.3 is 5.97 Å². The van der Waals surface area contributed by atoms with E-state index in [2.05, 4.69) is 13.0 Å². The van der Waals surface area contributed by atoms with Crippen LogP contribution in [0.15, 0.2) is 0 Å². The summed E-state index contributed by atoms with van der Waals surface area (Å²) in [6.07, 6.45) is 3.15. The zero-order valence-electron chi connectivity index (χ0n) is 9.94. The zero-order chi connectivity index (χ0) is 12.0. The van der Waals surface area contributed by atoms with E-state index in [1.54, 1.807) is 11.8 Å². The van der Waals surface area contributed by atoms with Gasteiger partial charge in [-0.3, -0.25) is 4.79 Å². The molecule has 16 heavy (non-hydrogen) atoms. The number of thioether (sulfide) groups is 1. The van der Waals surface area contributed by atoms with E-state index < -0.39 is 0 Å². The van der Waals surface area contributed by atoms with Crippen molar-refractivity contribution in [1.82, 2.24) is 0 Å². The van der Waals surface area contributed by atoms with E-state index in [0.717, 1.165) is 19.3 Å². The van der Waals surface area contributed by atoms with Crippen LogP contribution in [0.1, 0.15) is 33.1 Å². The number of rotatable bonds is 4. The van der Waals surface area contributed by atoms with E-state index in [9.17, 15) is 4.79 Å². The standard InChI is InChI=1S/C12H19NO2S/c1-3-15-12(14)8-16-11-6-9(2)4-5-10(11)7-13/h9-11H,3-6,8H2,1-2H3. The summed E-state index contributed by atoms with van der Waals surface area (Å²) >= 11 is 1.58. The van der Waals surface area contributed by atoms with Gasteiger partial charge in [-0.25, -0.2) is 0 Å². The van der Waals surface area contributed by atoms with Crippen LogP contribution in [-0.2, 0) is 9.53 Å². The molecular weight excluding hydrogens is 222 g/mol. The lowest BCUT2D eigenvalue weighted by molar-refractivity contribution is -0.139. The molecular formula is C12H19NO2S. The monoisotopic (exact) mass is 241 g/mol. The minimum atomic E-state index is -0.164. The quantitative estimate of drug-likeness (QED) is 0.710. The number of ether oxygens (including phenoxy) is 1. The Morgan fingerprint density at radius 3 is 2.94 bits per heavy atom. The van der Waals surface area contributed by atoms with Crippen molar-refractivity contribution in [2.24, 2.45) is 11.8 Å². The summed E-state index contributed by atoms with van der Waals surface area (Å²) in [5, 5.41) is 9.34. The van der Waals surface area contributed by atoms with Gasteiger partial charge in [0.25, 0.3) is 0 Å². The minimum Gasteiger partial charge on any atom is -0.465 e. The molecule has 0 aliphatic heterocycles. The molecule has 3 nitrogen and oxygen atoms in total. The third-order valence-corrected chi connectivity index (χ3v) is 4.29. The van der Waals surface area contributed by atoms with Crippen molar-refractivity contribution in [3.8, 4) is 6.07 Å². The predicted octanol–water partition coefficient (Wildman–Crippen LogP) is 2.61. The first kappa shape index (κ1) is 13.4. The molecule has 1 saturated carbocycles. The van der Waals surface area contributed by atoms with E-state index in [1.807, 2.05) is 6.92 Å². The van der Waals surface area contributed by atoms with Crippen molar-refractivity contribution in [2.75, 3.05) is 12.4 Å². The molecule has 90 valence electrons. The summed E-state index contributed by atoms with van der Waals surface area (Å²) in [6.45, 7) is 4.46. The smallest absolute Gasteiger partial charge is 0.315 e. The van der Waals surface area contributed by atoms with Gasteiger partial charge in [-0.1, -0.05) is 6.92 Å². The fourth-order valence-corrected chi connectivity index (χ4v) is 3.37. The maximum absolute atomic E-state index is 11.2. The first-order valence-corrected chi connectivity index (χ1v) is 6.89. The van der Waals surface area contributed by atoms with Crippen LogP contribution < -0.4 is 0 Å². The average molecular weight is 241 g/mol. The van der Waals surface area contributed by atoms with Gasteiger partial charge in [0, 0.05) is 5.25 Å². The lowest BCUT2D eigenvalue weighted by atomic mass is 9.83. The highest BCUT2D eigenvalue weighted by atomic mass is 32.2. The van der Waals surface area contributed by atoms with Crippen molar-refractivity contribution in [3.63, 3.8) is 0 Å². The lowest BCUT2D eigenvalue weighted by Gasteiger charge is -2.30. The molecule has 0 bridgehead atoms. The molecule has 0 aromatic heterocycles. The van der Waals surface area contributed by atoms with E-state index in [1.165, 1.54) is 0 Å². The SMILES string of the molecule is CCOC(=O)CSC1CC(C)CCC1C#N.